The van der Waals surface area contributed by atoms with Crippen molar-refractivity contribution >= 4 is 16.6 Å². The summed E-state index contributed by atoms with van der Waals surface area (Å²) in [6.45, 7) is 6.43. The third-order valence-corrected chi connectivity index (χ3v) is 3.53. The number of aromatic nitrogens is 1. The summed E-state index contributed by atoms with van der Waals surface area (Å²) in [7, 11) is 0. The Kier molecular flexibility index (Phi) is 3.15. The average Bonchev–Trinajstić information content (AvgIpc) is 2.66. The minimum atomic E-state index is 1.07. The van der Waals surface area contributed by atoms with Gasteiger partial charge in [-0.2, -0.15) is 0 Å². The van der Waals surface area contributed by atoms with Crippen molar-refractivity contribution in [3.8, 4) is 0 Å². The average molecular weight is 241 g/mol. The number of benzene rings is 1. The van der Waals surface area contributed by atoms with E-state index < -0.39 is 0 Å². The van der Waals surface area contributed by atoms with Gasteiger partial charge in [-0.1, -0.05) is 6.07 Å². The molecule has 0 amide bonds. The smallest absolute Gasteiger partial charge is 0.0726 e. The van der Waals surface area contributed by atoms with Gasteiger partial charge in [0.25, 0.3) is 0 Å². The van der Waals surface area contributed by atoms with Crippen molar-refractivity contribution in [2.45, 2.75) is 13.3 Å². The minimum Gasteiger partial charge on any atom is -0.370 e. The van der Waals surface area contributed by atoms with E-state index in [0.29, 0.717) is 0 Å². The Hall–Kier alpha value is -1.61. The summed E-state index contributed by atoms with van der Waals surface area (Å²) in [4.78, 5) is 7.08. The molecule has 0 saturated carbocycles. The van der Waals surface area contributed by atoms with Crippen LogP contribution in [0.1, 0.15) is 12.1 Å². The first-order valence-corrected chi connectivity index (χ1v) is 6.67. The van der Waals surface area contributed by atoms with Gasteiger partial charge in [-0.25, -0.2) is 0 Å². The SMILES string of the molecule is Cc1ccc2c(N3CCCNCC3)cccc2n1. The van der Waals surface area contributed by atoms with Gasteiger partial charge in [0.1, 0.15) is 0 Å². The quantitative estimate of drug-likeness (QED) is 0.830. The van der Waals surface area contributed by atoms with Crippen LogP contribution in [0.4, 0.5) is 5.69 Å². The number of hydrogen-bond donors (Lipinski definition) is 1. The maximum atomic E-state index is 4.61. The second kappa shape index (κ2) is 4.94. The Morgan fingerprint density at radius 1 is 1.11 bits per heavy atom. The van der Waals surface area contributed by atoms with E-state index in [1.165, 1.54) is 17.5 Å². The number of nitrogens with zero attached hydrogens (tertiary/aromatic N) is 2. The topological polar surface area (TPSA) is 28.2 Å². The molecule has 1 aromatic carbocycles. The zero-order valence-corrected chi connectivity index (χ0v) is 10.8. The van der Waals surface area contributed by atoms with Crippen molar-refractivity contribution < 1.29 is 0 Å². The maximum absolute atomic E-state index is 4.61. The zero-order valence-electron chi connectivity index (χ0n) is 10.8. The molecule has 2 aromatic rings. The van der Waals surface area contributed by atoms with Crippen LogP contribution in [0.15, 0.2) is 30.3 Å². The lowest BCUT2D eigenvalue weighted by atomic mass is 10.1. The maximum Gasteiger partial charge on any atom is 0.0726 e. The summed E-state index contributed by atoms with van der Waals surface area (Å²) in [5.41, 5.74) is 3.51. The van der Waals surface area contributed by atoms with Crippen LogP contribution in [0.2, 0.25) is 0 Å². The molecule has 0 unspecified atom stereocenters. The molecular formula is C15H19N3. The fourth-order valence-corrected chi connectivity index (χ4v) is 2.60. The van der Waals surface area contributed by atoms with E-state index >= 15 is 0 Å². The third kappa shape index (κ3) is 2.18. The fourth-order valence-electron chi connectivity index (χ4n) is 2.60. The van der Waals surface area contributed by atoms with Gasteiger partial charge >= 0.3 is 0 Å². The van der Waals surface area contributed by atoms with Crippen LogP contribution >= 0.6 is 0 Å². The first kappa shape index (κ1) is 11.5. The lowest BCUT2D eigenvalue weighted by molar-refractivity contribution is 0.724. The molecule has 18 heavy (non-hydrogen) atoms. The van der Waals surface area contributed by atoms with E-state index in [2.05, 4.69) is 45.5 Å². The molecule has 94 valence electrons. The van der Waals surface area contributed by atoms with Gasteiger partial charge in [0, 0.05) is 36.4 Å². The molecule has 1 N–H and O–H groups in total. The first-order chi connectivity index (χ1) is 8.84. The van der Waals surface area contributed by atoms with Gasteiger partial charge in [-0.15, -0.1) is 0 Å². The largest absolute Gasteiger partial charge is 0.370 e. The van der Waals surface area contributed by atoms with E-state index in [4.69, 9.17) is 0 Å². The van der Waals surface area contributed by atoms with Crippen molar-refractivity contribution in [2.75, 3.05) is 31.1 Å². The molecule has 0 bridgehead atoms. The van der Waals surface area contributed by atoms with Crippen LogP contribution in [-0.4, -0.2) is 31.2 Å². The van der Waals surface area contributed by atoms with Crippen molar-refractivity contribution in [3.63, 3.8) is 0 Å². The van der Waals surface area contributed by atoms with E-state index in [0.717, 1.165) is 37.4 Å². The van der Waals surface area contributed by atoms with Crippen LogP contribution in [0.25, 0.3) is 10.9 Å². The molecule has 3 heteroatoms. The predicted molar refractivity (Wildman–Crippen MR) is 76.2 cm³/mol. The number of anilines is 1. The molecule has 1 aromatic heterocycles. The van der Waals surface area contributed by atoms with Gasteiger partial charge in [-0.3, -0.25) is 4.98 Å². The molecule has 0 spiro atoms. The van der Waals surface area contributed by atoms with Crippen molar-refractivity contribution in [1.82, 2.24) is 10.3 Å². The lowest BCUT2D eigenvalue weighted by Gasteiger charge is -2.23. The van der Waals surface area contributed by atoms with E-state index in [1.54, 1.807) is 0 Å². The van der Waals surface area contributed by atoms with E-state index in [9.17, 15) is 0 Å². The molecule has 0 aliphatic carbocycles. The monoisotopic (exact) mass is 241 g/mol. The summed E-state index contributed by atoms with van der Waals surface area (Å²) < 4.78 is 0. The fraction of sp³-hybridized carbons (Fsp3) is 0.400. The lowest BCUT2D eigenvalue weighted by Crippen LogP contribution is -2.27. The molecule has 1 saturated heterocycles. The molecular weight excluding hydrogens is 222 g/mol. The van der Waals surface area contributed by atoms with Gasteiger partial charge in [-0.05, 0) is 44.2 Å². The highest BCUT2D eigenvalue weighted by atomic mass is 15.2. The van der Waals surface area contributed by atoms with Crippen LogP contribution in [-0.2, 0) is 0 Å². The highest BCUT2D eigenvalue weighted by molar-refractivity contribution is 5.91. The summed E-state index contributed by atoms with van der Waals surface area (Å²) in [5, 5.41) is 4.72. The predicted octanol–water partition coefficient (Wildman–Crippen LogP) is 2.34. The number of aryl methyl sites for hydroxylation is 1. The Morgan fingerprint density at radius 3 is 3.00 bits per heavy atom. The van der Waals surface area contributed by atoms with Crippen LogP contribution < -0.4 is 10.2 Å². The van der Waals surface area contributed by atoms with Crippen LogP contribution in [0.3, 0.4) is 0 Å². The number of pyridine rings is 1. The van der Waals surface area contributed by atoms with Gasteiger partial charge in [0.2, 0.25) is 0 Å². The minimum absolute atomic E-state index is 1.07. The van der Waals surface area contributed by atoms with Crippen molar-refractivity contribution in [3.05, 3.63) is 36.0 Å². The van der Waals surface area contributed by atoms with Gasteiger partial charge in [0.15, 0.2) is 0 Å². The molecule has 1 aliphatic heterocycles. The first-order valence-electron chi connectivity index (χ1n) is 6.67. The van der Waals surface area contributed by atoms with Gasteiger partial charge in [0.05, 0.1) is 5.52 Å². The summed E-state index contributed by atoms with van der Waals surface area (Å²) in [6, 6.07) is 10.7. The number of hydrogen-bond acceptors (Lipinski definition) is 3. The Bertz CT molecular complexity index is 542. The summed E-state index contributed by atoms with van der Waals surface area (Å²) >= 11 is 0. The van der Waals surface area contributed by atoms with Crippen LogP contribution in [0, 0.1) is 6.92 Å². The molecule has 2 heterocycles. The van der Waals surface area contributed by atoms with Gasteiger partial charge < -0.3 is 10.2 Å². The highest BCUT2D eigenvalue weighted by Crippen LogP contribution is 2.26. The number of fused-ring (bicyclic) bond motifs is 1. The van der Waals surface area contributed by atoms with Crippen molar-refractivity contribution in [1.29, 1.82) is 0 Å². The standard InChI is InChI=1S/C15H19N3/c1-12-6-7-13-14(17-12)4-2-5-15(13)18-10-3-8-16-9-11-18/h2,4-7,16H,3,8-11H2,1H3. The van der Waals surface area contributed by atoms with E-state index in [1.807, 2.05) is 6.92 Å². The number of rotatable bonds is 1. The normalized spacial score (nSPS) is 16.8. The van der Waals surface area contributed by atoms with Crippen LogP contribution in [0.5, 0.6) is 0 Å². The Labute approximate surface area is 108 Å². The Morgan fingerprint density at radius 2 is 2.06 bits per heavy atom. The molecule has 0 atom stereocenters. The second-order valence-corrected chi connectivity index (χ2v) is 4.89. The molecule has 1 aliphatic rings. The summed E-state index contributed by atoms with van der Waals surface area (Å²) in [5.74, 6) is 0. The second-order valence-electron chi connectivity index (χ2n) is 4.89. The Balaban J connectivity index is 2.04. The molecule has 3 nitrogen and oxygen atoms in total. The molecule has 0 radical (unpaired) electrons. The summed E-state index contributed by atoms with van der Waals surface area (Å²) in [6.07, 6.45) is 1.20. The van der Waals surface area contributed by atoms with Crippen molar-refractivity contribution in [2.24, 2.45) is 0 Å². The third-order valence-electron chi connectivity index (χ3n) is 3.53. The zero-order chi connectivity index (χ0) is 12.4. The number of nitrogens with one attached hydrogen (secondary N) is 1. The highest BCUT2D eigenvalue weighted by Gasteiger charge is 2.12. The van der Waals surface area contributed by atoms with E-state index in [-0.39, 0.29) is 0 Å². The molecule has 3 rings (SSSR count). The molecule has 1 fully saturated rings.